The minimum absolute atomic E-state index is 0.120. The summed E-state index contributed by atoms with van der Waals surface area (Å²) in [5.74, 6) is -0.383. The molecule has 0 aliphatic heterocycles. The number of thiophene rings is 1. The molecule has 6 nitrogen and oxygen atoms in total. The number of rotatable bonds is 7. The van der Waals surface area contributed by atoms with Crippen molar-refractivity contribution < 1.29 is 19.1 Å². The summed E-state index contributed by atoms with van der Waals surface area (Å²) in [5.41, 5.74) is 0.500. The van der Waals surface area contributed by atoms with Crippen LogP contribution in [-0.4, -0.2) is 30.7 Å². The summed E-state index contributed by atoms with van der Waals surface area (Å²) in [7, 11) is 1.40. The zero-order chi connectivity index (χ0) is 18.1. The SMILES string of the molecule is CNC(=O)NC(=O)[C@H](OC(=O)CSCc1cccs1)c1ccccc1. The summed E-state index contributed by atoms with van der Waals surface area (Å²) in [4.78, 5) is 36.9. The highest BCUT2D eigenvalue weighted by atomic mass is 32.2. The molecule has 132 valence electrons. The minimum atomic E-state index is -1.17. The molecule has 2 rings (SSSR count). The van der Waals surface area contributed by atoms with Gasteiger partial charge in [-0.2, -0.15) is 0 Å². The van der Waals surface area contributed by atoms with Crippen molar-refractivity contribution in [3.8, 4) is 0 Å². The zero-order valence-corrected chi connectivity index (χ0v) is 15.2. The van der Waals surface area contributed by atoms with Crippen LogP contribution in [0.3, 0.4) is 0 Å². The second-order valence-corrected chi connectivity index (χ2v) is 6.94. The van der Waals surface area contributed by atoms with Crippen LogP contribution in [0.15, 0.2) is 47.8 Å². The van der Waals surface area contributed by atoms with Gasteiger partial charge in [0.25, 0.3) is 5.91 Å². The maximum Gasteiger partial charge on any atom is 0.321 e. The molecule has 0 aliphatic rings. The van der Waals surface area contributed by atoms with Gasteiger partial charge in [0.05, 0.1) is 5.75 Å². The standard InChI is InChI=1S/C17H18N2O4S2/c1-18-17(22)19-16(21)15(12-6-3-2-4-7-12)23-14(20)11-24-10-13-8-5-9-25-13/h2-9,15H,10-11H2,1H3,(H2,18,19,21,22)/t15-/m1/s1. The highest BCUT2D eigenvalue weighted by Gasteiger charge is 2.26. The average Bonchev–Trinajstić information content (AvgIpc) is 3.13. The molecule has 1 atom stereocenters. The van der Waals surface area contributed by atoms with Gasteiger partial charge in [0.2, 0.25) is 6.10 Å². The Labute approximate surface area is 154 Å². The van der Waals surface area contributed by atoms with Crippen LogP contribution in [0.2, 0.25) is 0 Å². The van der Waals surface area contributed by atoms with Gasteiger partial charge < -0.3 is 10.1 Å². The number of ether oxygens (including phenoxy) is 1. The lowest BCUT2D eigenvalue weighted by atomic mass is 10.1. The van der Waals surface area contributed by atoms with Gasteiger partial charge >= 0.3 is 12.0 Å². The largest absolute Gasteiger partial charge is 0.447 e. The summed E-state index contributed by atoms with van der Waals surface area (Å²) in [6, 6.07) is 11.9. The van der Waals surface area contributed by atoms with Gasteiger partial charge in [-0.15, -0.1) is 23.1 Å². The molecule has 1 aromatic heterocycles. The Morgan fingerprint density at radius 2 is 1.92 bits per heavy atom. The number of esters is 1. The summed E-state index contributed by atoms with van der Waals surface area (Å²) in [6.07, 6.45) is -1.17. The van der Waals surface area contributed by atoms with Crippen LogP contribution >= 0.6 is 23.1 Å². The minimum Gasteiger partial charge on any atom is -0.447 e. The Bertz CT molecular complexity index is 705. The van der Waals surface area contributed by atoms with Crippen molar-refractivity contribution in [2.45, 2.75) is 11.9 Å². The van der Waals surface area contributed by atoms with E-state index < -0.39 is 24.0 Å². The van der Waals surface area contributed by atoms with Crippen molar-refractivity contribution in [2.24, 2.45) is 0 Å². The van der Waals surface area contributed by atoms with Crippen LogP contribution in [-0.2, 0) is 20.1 Å². The first kappa shape index (κ1) is 19.0. The molecule has 0 saturated carbocycles. The number of nitrogens with one attached hydrogen (secondary N) is 2. The molecule has 0 fully saturated rings. The number of urea groups is 1. The zero-order valence-electron chi connectivity index (χ0n) is 13.6. The van der Waals surface area contributed by atoms with Gasteiger partial charge in [-0.25, -0.2) is 4.79 Å². The maximum absolute atomic E-state index is 12.3. The van der Waals surface area contributed by atoms with E-state index in [0.717, 1.165) is 4.88 Å². The van der Waals surface area contributed by atoms with Gasteiger partial charge in [-0.3, -0.25) is 14.9 Å². The van der Waals surface area contributed by atoms with E-state index in [-0.39, 0.29) is 5.75 Å². The lowest BCUT2D eigenvalue weighted by Crippen LogP contribution is -2.41. The molecule has 0 aliphatic carbocycles. The number of benzene rings is 1. The molecule has 0 radical (unpaired) electrons. The van der Waals surface area contributed by atoms with Crippen molar-refractivity contribution in [1.82, 2.24) is 10.6 Å². The van der Waals surface area contributed by atoms with Gasteiger partial charge in [-0.05, 0) is 11.4 Å². The van der Waals surface area contributed by atoms with E-state index in [4.69, 9.17) is 4.74 Å². The van der Waals surface area contributed by atoms with Crippen LogP contribution < -0.4 is 10.6 Å². The third-order valence-corrected chi connectivity index (χ3v) is 5.11. The first-order valence-electron chi connectivity index (χ1n) is 7.47. The van der Waals surface area contributed by atoms with Crippen LogP contribution in [0.1, 0.15) is 16.5 Å². The van der Waals surface area contributed by atoms with Crippen molar-refractivity contribution in [1.29, 1.82) is 0 Å². The molecule has 2 N–H and O–H groups in total. The Kier molecular flexibility index (Phi) is 7.49. The quantitative estimate of drug-likeness (QED) is 0.724. The molecule has 1 aromatic carbocycles. The van der Waals surface area contributed by atoms with E-state index in [1.165, 1.54) is 18.8 Å². The number of hydrogen-bond acceptors (Lipinski definition) is 6. The number of hydrogen-bond donors (Lipinski definition) is 2. The van der Waals surface area contributed by atoms with Crippen LogP contribution in [0.5, 0.6) is 0 Å². The van der Waals surface area contributed by atoms with Crippen molar-refractivity contribution in [3.63, 3.8) is 0 Å². The van der Waals surface area contributed by atoms with Crippen molar-refractivity contribution in [2.75, 3.05) is 12.8 Å². The lowest BCUT2D eigenvalue weighted by Gasteiger charge is -2.17. The number of amides is 3. The van der Waals surface area contributed by atoms with E-state index in [1.807, 2.05) is 17.5 Å². The van der Waals surface area contributed by atoms with E-state index in [0.29, 0.717) is 11.3 Å². The van der Waals surface area contributed by atoms with E-state index >= 15 is 0 Å². The van der Waals surface area contributed by atoms with Crippen molar-refractivity contribution in [3.05, 3.63) is 58.3 Å². The van der Waals surface area contributed by atoms with Crippen LogP contribution in [0, 0.1) is 0 Å². The molecule has 0 spiro atoms. The number of carbonyl (C=O) groups excluding carboxylic acids is 3. The third kappa shape index (κ3) is 6.24. The fourth-order valence-electron chi connectivity index (χ4n) is 1.94. The lowest BCUT2D eigenvalue weighted by molar-refractivity contribution is -0.153. The highest BCUT2D eigenvalue weighted by Crippen LogP contribution is 2.21. The molecule has 8 heteroatoms. The number of thioether (sulfide) groups is 1. The normalized spacial score (nSPS) is 11.4. The summed E-state index contributed by atoms with van der Waals surface area (Å²) < 4.78 is 5.31. The van der Waals surface area contributed by atoms with Crippen LogP contribution in [0.4, 0.5) is 4.79 Å². The number of imide groups is 1. The molecular formula is C17H18N2O4S2. The monoisotopic (exact) mass is 378 g/mol. The summed E-state index contributed by atoms with van der Waals surface area (Å²) in [5, 5.41) is 6.41. The highest BCUT2D eigenvalue weighted by molar-refractivity contribution is 7.99. The summed E-state index contributed by atoms with van der Waals surface area (Å²) >= 11 is 3.03. The first-order valence-corrected chi connectivity index (χ1v) is 9.50. The topological polar surface area (TPSA) is 84.5 Å². The van der Waals surface area contributed by atoms with Gasteiger partial charge in [0.1, 0.15) is 0 Å². The third-order valence-electron chi connectivity index (χ3n) is 3.10. The van der Waals surface area contributed by atoms with E-state index in [1.54, 1.807) is 41.7 Å². The van der Waals surface area contributed by atoms with E-state index in [9.17, 15) is 14.4 Å². The van der Waals surface area contributed by atoms with Gasteiger partial charge in [-0.1, -0.05) is 36.4 Å². The van der Waals surface area contributed by atoms with E-state index in [2.05, 4.69) is 10.6 Å². The molecule has 1 heterocycles. The summed E-state index contributed by atoms with van der Waals surface area (Å²) in [6.45, 7) is 0. The maximum atomic E-state index is 12.3. The Morgan fingerprint density at radius 1 is 1.16 bits per heavy atom. The Balaban J connectivity index is 1.96. The molecule has 2 aromatic rings. The second-order valence-electron chi connectivity index (χ2n) is 4.92. The molecule has 0 saturated heterocycles. The van der Waals surface area contributed by atoms with Gasteiger partial charge in [0.15, 0.2) is 0 Å². The first-order chi connectivity index (χ1) is 12.1. The fourth-order valence-corrected chi connectivity index (χ4v) is 3.58. The van der Waals surface area contributed by atoms with Gasteiger partial charge in [0, 0.05) is 23.2 Å². The Hall–Kier alpha value is -2.32. The van der Waals surface area contributed by atoms with Crippen LogP contribution in [0.25, 0.3) is 0 Å². The molecule has 25 heavy (non-hydrogen) atoms. The predicted molar refractivity (Wildman–Crippen MR) is 98.4 cm³/mol. The smallest absolute Gasteiger partial charge is 0.321 e. The fraction of sp³-hybridized carbons (Fsp3) is 0.235. The number of carbonyl (C=O) groups is 3. The molecule has 0 bridgehead atoms. The molecule has 3 amide bonds. The average molecular weight is 378 g/mol. The van der Waals surface area contributed by atoms with Crippen molar-refractivity contribution >= 4 is 41.0 Å². The predicted octanol–water partition coefficient (Wildman–Crippen LogP) is 2.72. The second kappa shape index (κ2) is 9.85. The molecule has 0 unspecified atom stereocenters. The molecular weight excluding hydrogens is 360 g/mol. The Morgan fingerprint density at radius 3 is 2.56 bits per heavy atom.